The highest BCUT2D eigenvalue weighted by Gasteiger charge is 2.17. The number of thiazole rings is 1. The standard InChI is InChI=1S/C15H15BrN2OS/c1-9-6-7-10(11(16)8-9)14(19)18-15-17-12-4-2-3-5-13(12)20-15/h6-8H,2-5H2,1H3,(H,17,18,19). The molecule has 0 bridgehead atoms. The number of rotatable bonds is 2. The quantitative estimate of drug-likeness (QED) is 0.874. The second-order valence-electron chi connectivity index (χ2n) is 5.03. The number of carbonyl (C=O) groups is 1. The van der Waals surface area contributed by atoms with Crippen molar-refractivity contribution in [2.45, 2.75) is 32.6 Å². The number of halogens is 1. The maximum absolute atomic E-state index is 12.3. The van der Waals surface area contributed by atoms with E-state index in [1.54, 1.807) is 11.3 Å². The Hall–Kier alpha value is -1.20. The number of aryl methyl sites for hydroxylation is 3. The molecule has 3 rings (SSSR count). The molecule has 1 aliphatic rings. The Balaban J connectivity index is 1.80. The summed E-state index contributed by atoms with van der Waals surface area (Å²) in [4.78, 5) is 18.1. The van der Waals surface area contributed by atoms with Crippen LogP contribution in [-0.4, -0.2) is 10.9 Å². The van der Waals surface area contributed by atoms with Crippen molar-refractivity contribution < 1.29 is 4.79 Å². The fourth-order valence-electron chi connectivity index (χ4n) is 2.37. The molecule has 0 radical (unpaired) electrons. The summed E-state index contributed by atoms with van der Waals surface area (Å²) < 4.78 is 0.816. The van der Waals surface area contributed by atoms with E-state index in [-0.39, 0.29) is 5.91 Å². The van der Waals surface area contributed by atoms with Gasteiger partial charge in [-0.05, 0) is 66.2 Å². The van der Waals surface area contributed by atoms with Gasteiger partial charge in [-0.2, -0.15) is 0 Å². The SMILES string of the molecule is Cc1ccc(C(=O)Nc2nc3c(s2)CCCC3)c(Br)c1. The van der Waals surface area contributed by atoms with Gasteiger partial charge in [0.25, 0.3) is 5.91 Å². The van der Waals surface area contributed by atoms with Gasteiger partial charge in [-0.1, -0.05) is 6.07 Å². The number of aromatic nitrogens is 1. The molecular weight excluding hydrogens is 336 g/mol. The molecule has 20 heavy (non-hydrogen) atoms. The maximum atomic E-state index is 12.3. The summed E-state index contributed by atoms with van der Waals surface area (Å²) in [6, 6.07) is 5.72. The minimum atomic E-state index is -0.108. The van der Waals surface area contributed by atoms with Gasteiger partial charge in [0.05, 0.1) is 11.3 Å². The molecule has 0 saturated carbocycles. The van der Waals surface area contributed by atoms with Gasteiger partial charge in [-0.25, -0.2) is 4.98 Å². The predicted molar refractivity (Wildman–Crippen MR) is 85.6 cm³/mol. The van der Waals surface area contributed by atoms with E-state index in [1.165, 1.54) is 23.4 Å². The Morgan fingerprint density at radius 1 is 1.35 bits per heavy atom. The average molecular weight is 351 g/mol. The Bertz CT molecular complexity index is 642. The number of carbonyl (C=O) groups excluding carboxylic acids is 1. The molecule has 3 nitrogen and oxygen atoms in total. The van der Waals surface area contributed by atoms with Gasteiger partial charge in [0.1, 0.15) is 0 Å². The molecule has 0 unspecified atom stereocenters. The molecule has 1 N–H and O–H groups in total. The highest BCUT2D eigenvalue weighted by Crippen LogP contribution is 2.30. The zero-order valence-electron chi connectivity index (χ0n) is 11.2. The lowest BCUT2D eigenvalue weighted by Crippen LogP contribution is -2.12. The van der Waals surface area contributed by atoms with Crippen LogP contribution >= 0.6 is 27.3 Å². The second kappa shape index (κ2) is 5.66. The molecule has 0 spiro atoms. The number of benzene rings is 1. The Labute approximate surface area is 130 Å². The minimum Gasteiger partial charge on any atom is -0.298 e. The van der Waals surface area contributed by atoms with E-state index in [2.05, 4.69) is 26.2 Å². The highest BCUT2D eigenvalue weighted by molar-refractivity contribution is 9.10. The van der Waals surface area contributed by atoms with E-state index in [0.29, 0.717) is 5.56 Å². The van der Waals surface area contributed by atoms with E-state index in [4.69, 9.17) is 0 Å². The molecule has 1 aliphatic carbocycles. The number of nitrogens with one attached hydrogen (secondary N) is 1. The van der Waals surface area contributed by atoms with Gasteiger partial charge in [0.2, 0.25) is 0 Å². The van der Waals surface area contributed by atoms with Crippen LogP contribution in [0.2, 0.25) is 0 Å². The first-order valence-electron chi connectivity index (χ1n) is 6.69. The number of hydrogen-bond acceptors (Lipinski definition) is 3. The van der Waals surface area contributed by atoms with E-state index < -0.39 is 0 Å². The van der Waals surface area contributed by atoms with Crippen LogP contribution in [0.4, 0.5) is 5.13 Å². The van der Waals surface area contributed by atoms with Crippen molar-refractivity contribution in [3.8, 4) is 0 Å². The molecule has 1 heterocycles. The molecule has 0 fully saturated rings. The highest BCUT2D eigenvalue weighted by atomic mass is 79.9. The maximum Gasteiger partial charge on any atom is 0.258 e. The van der Waals surface area contributed by atoms with E-state index in [9.17, 15) is 4.79 Å². The summed E-state index contributed by atoms with van der Waals surface area (Å²) in [6.07, 6.45) is 4.56. The first kappa shape index (κ1) is 13.8. The third-order valence-electron chi connectivity index (χ3n) is 3.44. The zero-order chi connectivity index (χ0) is 14.1. The van der Waals surface area contributed by atoms with E-state index in [1.807, 2.05) is 25.1 Å². The van der Waals surface area contributed by atoms with Crippen molar-refractivity contribution in [2.75, 3.05) is 5.32 Å². The van der Waals surface area contributed by atoms with Crippen molar-refractivity contribution in [3.05, 3.63) is 44.4 Å². The third kappa shape index (κ3) is 2.79. The number of amides is 1. The monoisotopic (exact) mass is 350 g/mol. The lowest BCUT2D eigenvalue weighted by atomic mass is 10.0. The molecule has 1 aromatic carbocycles. The van der Waals surface area contributed by atoms with Crippen LogP contribution < -0.4 is 5.32 Å². The zero-order valence-corrected chi connectivity index (χ0v) is 13.6. The lowest BCUT2D eigenvalue weighted by molar-refractivity contribution is 0.102. The van der Waals surface area contributed by atoms with Crippen LogP contribution in [0.15, 0.2) is 22.7 Å². The average Bonchev–Trinajstić information content (AvgIpc) is 2.80. The predicted octanol–water partition coefficient (Wildman–Crippen LogP) is 4.35. The Morgan fingerprint density at radius 3 is 2.90 bits per heavy atom. The molecule has 0 atom stereocenters. The van der Waals surface area contributed by atoms with Crippen LogP contribution in [0.1, 0.15) is 39.3 Å². The van der Waals surface area contributed by atoms with Crippen LogP contribution in [-0.2, 0) is 12.8 Å². The molecule has 5 heteroatoms. The molecule has 104 valence electrons. The molecule has 0 saturated heterocycles. The fourth-order valence-corrected chi connectivity index (χ4v) is 4.09. The van der Waals surface area contributed by atoms with Gasteiger partial charge >= 0.3 is 0 Å². The summed E-state index contributed by atoms with van der Waals surface area (Å²) in [7, 11) is 0. The van der Waals surface area contributed by atoms with Gasteiger partial charge in [-0.3, -0.25) is 10.1 Å². The van der Waals surface area contributed by atoms with Crippen molar-refractivity contribution in [1.82, 2.24) is 4.98 Å². The molecule has 1 amide bonds. The summed E-state index contributed by atoms with van der Waals surface area (Å²) in [6.45, 7) is 2.00. The van der Waals surface area contributed by atoms with Crippen LogP contribution in [0.25, 0.3) is 0 Å². The molecule has 2 aromatic rings. The van der Waals surface area contributed by atoms with Crippen LogP contribution in [0.3, 0.4) is 0 Å². The summed E-state index contributed by atoms with van der Waals surface area (Å²) in [5, 5.41) is 3.63. The summed E-state index contributed by atoms with van der Waals surface area (Å²) >= 11 is 5.05. The Kier molecular flexibility index (Phi) is 3.89. The third-order valence-corrected chi connectivity index (χ3v) is 5.16. The largest absolute Gasteiger partial charge is 0.298 e. The topological polar surface area (TPSA) is 42.0 Å². The molecule has 1 aromatic heterocycles. The normalized spacial score (nSPS) is 13.9. The Morgan fingerprint density at radius 2 is 2.15 bits per heavy atom. The van der Waals surface area contributed by atoms with Crippen molar-refractivity contribution in [3.63, 3.8) is 0 Å². The second-order valence-corrected chi connectivity index (χ2v) is 6.97. The minimum absolute atomic E-state index is 0.108. The van der Waals surface area contributed by atoms with Crippen molar-refractivity contribution >= 4 is 38.3 Å². The van der Waals surface area contributed by atoms with Gasteiger partial charge in [0, 0.05) is 9.35 Å². The summed E-state index contributed by atoms with van der Waals surface area (Å²) in [5.74, 6) is -0.108. The van der Waals surface area contributed by atoms with Crippen LogP contribution in [0.5, 0.6) is 0 Å². The number of nitrogens with zero attached hydrogens (tertiary/aromatic N) is 1. The molecular formula is C15H15BrN2OS. The fraction of sp³-hybridized carbons (Fsp3) is 0.333. The summed E-state index contributed by atoms with van der Waals surface area (Å²) in [5.41, 5.74) is 2.93. The lowest BCUT2D eigenvalue weighted by Gasteiger charge is -2.06. The van der Waals surface area contributed by atoms with Crippen molar-refractivity contribution in [1.29, 1.82) is 0 Å². The smallest absolute Gasteiger partial charge is 0.258 e. The number of fused-ring (bicyclic) bond motifs is 1. The number of anilines is 1. The van der Waals surface area contributed by atoms with Crippen LogP contribution in [0, 0.1) is 6.92 Å². The van der Waals surface area contributed by atoms with E-state index in [0.717, 1.165) is 28.0 Å². The van der Waals surface area contributed by atoms with Gasteiger partial charge < -0.3 is 0 Å². The first-order valence-corrected chi connectivity index (χ1v) is 8.30. The van der Waals surface area contributed by atoms with E-state index >= 15 is 0 Å². The van der Waals surface area contributed by atoms with Gasteiger partial charge in [-0.15, -0.1) is 11.3 Å². The molecule has 0 aliphatic heterocycles. The first-order chi connectivity index (χ1) is 9.63. The number of hydrogen-bond donors (Lipinski definition) is 1. The van der Waals surface area contributed by atoms with Crippen molar-refractivity contribution in [2.24, 2.45) is 0 Å². The van der Waals surface area contributed by atoms with Gasteiger partial charge in [0.15, 0.2) is 5.13 Å².